The molecule has 0 atom stereocenters. The molecule has 0 fully saturated rings. The maximum absolute atomic E-state index is 4.52. The second kappa shape index (κ2) is 4.22. The molecule has 0 bridgehead atoms. The van der Waals surface area contributed by atoms with Gasteiger partial charge in [-0.25, -0.2) is 9.97 Å². The van der Waals surface area contributed by atoms with E-state index in [1.165, 1.54) is 0 Å². The first-order valence-electron chi connectivity index (χ1n) is 5.46. The number of anilines is 2. The largest absolute Gasteiger partial charge is 0.325 e. The van der Waals surface area contributed by atoms with Crippen LogP contribution in [0.25, 0.3) is 10.9 Å². The Bertz CT molecular complexity index is 635. The van der Waals surface area contributed by atoms with E-state index in [2.05, 4.69) is 15.3 Å². The highest BCUT2D eigenvalue weighted by Crippen LogP contribution is 2.17. The molecule has 3 aromatic rings. The smallest absolute Gasteiger partial charge is 0.132 e. The van der Waals surface area contributed by atoms with E-state index in [-0.39, 0.29) is 0 Å². The van der Waals surface area contributed by atoms with Crippen LogP contribution in [-0.2, 0) is 0 Å². The molecule has 2 heterocycles. The summed E-state index contributed by atoms with van der Waals surface area (Å²) in [7, 11) is 0. The number of rotatable bonds is 2. The number of pyridine rings is 2. The van der Waals surface area contributed by atoms with Crippen LogP contribution in [-0.4, -0.2) is 9.97 Å². The van der Waals surface area contributed by atoms with Gasteiger partial charge in [0.05, 0.1) is 5.52 Å². The standard InChI is InChI=1S/C14H11N3/c1-2-6-12-11(5-1)8-9-14(16-12)17-13-7-3-4-10-15-13/h1-10H,(H,15,16,17). The molecule has 0 unspecified atom stereocenters. The minimum Gasteiger partial charge on any atom is -0.325 e. The predicted octanol–water partition coefficient (Wildman–Crippen LogP) is 3.37. The van der Waals surface area contributed by atoms with E-state index in [4.69, 9.17) is 0 Å². The number of para-hydroxylation sites is 1. The van der Waals surface area contributed by atoms with Crippen LogP contribution in [0.5, 0.6) is 0 Å². The summed E-state index contributed by atoms with van der Waals surface area (Å²) in [5, 5.41) is 4.31. The lowest BCUT2D eigenvalue weighted by molar-refractivity contribution is 1.28. The highest BCUT2D eigenvalue weighted by atomic mass is 15.0. The van der Waals surface area contributed by atoms with Crippen molar-refractivity contribution >= 4 is 22.5 Å². The molecule has 3 rings (SSSR count). The van der Waals surface area contributed by atoms with Gasteiger partial charge in [-0.3, -0.25) is 0 Å². The van der Waals surface area contributed by atoms with Gasteiger partial charge in [0.15, 0.2) is 0 Å². The van der Waals surface area contributed by atoms with Crippen LogP contribution in [0.3, 0.4) is 0 Å². The van der Waals surface area contributed by atoms with Gasteiger partial charge in [-0.15, -0.1) is 0 Å². The summed E-state index contributed by atoms with van der Waals surface area (Å²) in [6.07, 6.45) is 1.75. The lowest BCUT2D eigenvalue weighted by Gasteiger charge is -2.05. The molecule has 0 spiro atoms. The Labute approximate surface area is 99.2 Å². The molecular formula is C14H11N3. The highest BCUT2D eigenvalue weighted by Gasteiger charge is 1.98. The third-order valence-corrected chi connectivity index (χ3v) is 2.52. The van der Waals surface area contributed by atoms with Gasteiger partial charge in [0.1, 0.15) is 11.6 Å². The Morgan fingerprint density at radius 2 is 1.65 bits per heavy atom. The topological polar surface area (TPSA) is 37.8 Å². The van der Waals surface area contributed by atoms with Gasteiger partial charge >= 0.3 is 0 Å². The number of benzene rings is 1. The van der Waals surface area contributed by atoms with Crippen LogP contribution >= 0.6 is 0 Å². The number of hydrogen-bond acceptors (Lipinski definition) is 3. The van der Waals surface area contributed by atoms with Gasteiger partial charge < -0.3 is 5.32 Å². The lowest BCUT2D eigenvalue weighted by Crippen LogP contribution is -1.95. The first-order chi connectivity index (χ1) is 8.42. The average Bonchev–Trinajstić information content (AvgIpc) is 2.40. The van der Waals surface area contributed by atoms with Crippen LogP contribution in [0, 0.1) is 0 Å². The molecule has 2 aromatic heterocycles. The second-order valence-electron chi connectivity index (χ2n) is 3.73. The number of fused-ring (bicyclic) bond motifs is 1. The summed E-state index contributed by atoms with van der Waals surface area (Å²) < 4.78 is 0. The van der Waals surface area contributed by atoms with Gasteiger partial charge in [-0.2, -0.15) is 0 Å². The van der Waals surface area contributed by atoms with Crippen molar-refractivity contribution in [3.05, 3.63) is 60.8 Å². The van der Waals surface area contributed by atoms with Crippen molar-refractivity contribution in [2.75, 3.05) is 5.32 Å². The van der Waals surface area contributed by atoms with E-state index in [0.717, 1.165) is 22.5 Å². The summed E-state index contributed by atoms with van der Waals surface area (Å²) in [5.74, 6) is 1.61. The van der Waals surface area contributed by atoms with E-state index in [1.54, 1.807) is 6.20 Å². The summed E-state index contributed by atoms with van der Waals surface area (Å²) in [5.41, 5.74) is 0.980. The zero-order valence-corrected chi connectivity index (χ0v) is 9.17. The Kier molecular flexibility index (Phi) is 2.43. The Balaban J connectivity index is 1.96. The maximum Gasteiger partial charge on any atom is 0.132 e. The van der Waals surface area contributed by atoms with Crippen molar-refractivity contribution in [2.45, 2.75) is 0 Å². The molecule has 1 N–H and O–H groups in total. The van der Waals surface area contributed by atoms with Crippen molar-refractivity contribution in [2.24, 2.45) is 0 Å². The summed E-state index contributed by atoms with van der Waals surface area (Å²) in [6.45, 7) is 0. The molecule has 0 amide bonds. The maximum atomic E-state index is 4.52. The molecule has 1 aromatic carbocycles. The summed E-state index contributed by atoms with van der Waals surface area (Å²) in [6, 6.07) is 17.8. The third kappa shape index (κ3) is 2.08. The Hall–Kier alpha value is -2.42. The number of hydrogen-bond donors (Lipinski definition) is 1. The van der Waals surface area contributed by atoms with Crippen LogP contribution in [0.1, 0.15) is 0 Å². The van der Waals surface area contributed by atoms with Crippen molar-refractivity contribution in [3.63, 3.8) is 0 Å². The van der Waals surface area contributed by atoms with Crippen molar-refractivity contribution in [1.82, 2.24) is 9.97 Å². The zero-order chi connectivity index (χ0) is 11.5. The first kappa shape index (κ1) is 9.78. The zero-order valence-electron chi connectivity index (χ0n) is 9.17. The van der Waals surface area contributed by atoms with E-state index < -0.39 is 0 Å². The van der Waals surface area contributed by atoms with Crippen molar-refractivity contribution in [1.29, 1.82) is 0 Å². The quantitative estimate of drug-likeness (QED) is 0.721. The minimum absolute atomic E-state index is 0.801. The Morgan fingerprint density at radius 3 is 2.53 bits per heavy atom. The third-order valence-electron chi connectivity index (χ3n) is 2.52. The predicted molar refractivity (Wildman–Crippen MR) is 69.3 cm³/mol. The van der Waals surface area contributed by atoms with Crippen molar-refractivity contribution in [3.8, 4) is 0 Å². The molecule has 17 heavy (non-hydrogen) atoms. The molecule has 0 saturated carbocycles. The van der Waals surface area contributed by atoms with Crippen LogP contribution in [0.2, 0.25) is 0 Å². The molecule has 3 nitrogen and oxygen atoms in total. The Morgan fingerprint density at radius 1 is 0.765 bits per heavy atom. The van der Waals surface area contributed by atoms with E-state index in [9.17, 15) is 0 Å². The first-order valence-corrected chi connectivity index (χ1v) is 5.46. The van der Waals surface area contributed by atoms with Crippen LogP contribution < -0.4 is 5.32 Å². The highest BCUT2D eigenvalue weighted by molar-refractivity contribution is 5.80. The van der Waals surface area contributed by atoms with Crippen LogP contribution in [0.15, 0.2) is 60.8 Å². The fourth-order valence-corrected chi connectivity index (χ4v) is 1.70. The second-order valence-corrected chi connectivity index (χ2v) is 3.73. The number of nitrogens with one attached hydrogen (secondary N) is 1. The average molecular weight is 221 g/mol. The molecule has 0 aliphatic heterocycles. The monoisotopic (exact) mass is 221 g/mol. The lowest BCUT2D eigenvalue weighted by atomic mass is 10.2. The molecule has 0 radical (unpaired) electrons. The van der Waals surface area contributed by atoms with Gasteiger partial charge in [-0.05, 0) is 30.3 Å². The van der Waals surface area contributed by atoms with Gasteiger partial charge in [0.25, 0.3) is 0 Å². The SMILES string of the molecule is c1ccc(Nc2ccc3ccccc3n2)nc1. The molecule has 0 aliphatic carbocycles. The summed E-state index contributed by atoms with van der Waals surface area (Å²) in [4.78, 5) is 8.72. The van der Waals surface area contributed by atoms with E-state index >= 15 is 0 Å². The van der Waals surface area contributed by atoms with Gasteiger partial charge in [0.2, 0.25) is 0 Å². The van der Waals surface area contributed by atoms with E-state index in [0.29, 0.717) is 0 Å². The fourth-order valence-electron chi connectivity index (χ4n) is 1.70. The molecule has 3 heteroatoms. The normalized spacial score (nSPS) is 10.4. The molecular weight excluding hydrogens is 210 g/mol. The molecule has 0 saturated heterocycles. The van der Waals surface area contributed by atoms with Gasteiger partial charge in [0, 0.05) is 11.6 Å². The molecule has 0 aliphatic rings. The summed E-state index contributed by atoms with van der Waals surface area (Å²) >= 11 is 0. The number of aromatic nitrogens is 2. The number of nitrogens with zero attached hydrogens (tertiary/aromatic N) is 2. The van der Waals surface area contributed by atoms with E-state index in [1.807, 2.05) is 54.6 Å². The van der Waals surface area contributed by atoms with Crippen molar-refractivity contribution < 1.29 is 0 Å². The molecule has 82 valence electrons. The minimum atomic E-state index is 0.801. The fraction of sp³-hybridized carbons (Fsp3) is 0. The van der Waals surface area contributed by atoms with Gasteiger partial charge in [-0.1, -0.05) is 24.3 Å². The van der Waals surface area contributed by atoms with Crippen LogP contribution in [0.4, 0.5) is 11.6 Å².